The molecule has 0 radical (unpaired) electrons. The SMILES string of the molecule is CC(C)C1CCC(C(=O)N(C)CC(O)C2CC2)CC1. The Morgan fingerprint density at radius 3 is 2.11 bits per heavy atom. The summed E-state index contributed by atoms with van der Waals surface area (Å²) in [6.07, 6.45) is 6.39. The molecule has 19 heavy (non-hydrogen) atoms. The van der Waals surface area contributed by atoms with E-state index in [4.69, 9.17) is 0 Å². The van der Waals surface area contributed by atoms with Gasteiger partial charge < -0.3 is 10.0 Å². The van der Waals surface area contributed by atoms with Gasteiger partial charge in [-0.25, -0.2) is 0 Å². The number of carbonyl (C=O) groups excluding carboxylic acids is 1. The van der Waals surface area contributed by atoms with Gasteiger partial charge in [0.1, 0.15) is 0 Å². The molecule has 110 valence electrons. The third-order valence-electron chi connectivity index (χ3n) is 5.07. The van der Waals surface area contributed by atoms with Crippen LogP contribution in [0.2, 0.25) is 0 Å². The van der Waals surface area contributed by atoms with E-state index in [0.29, 0.717) is 12.5 Å². The first-order chi connectivity index (χ1) is 8.99. The molecule has 1 N–H and O–H groups in total. The van der Waals surface area contributed by atoms with E-state index < -0.39 is 0 Å². The van der Waals surface area contributed by atoms with Crippen LogP contribution < -0.4 is 0 Å². The van der Waals surface area contributed by atoms with Crippen molar-refractivity contribution in [2.24, 2.45) is 23.7 Å². The van der Waals surface area contributed by atoms with E-state index in [1.165, 1.54) is 12.8 Å². The molecule has 2 aliphatic rings. The fraction of sp³-hybridized carbons (Fsp3) is 0.938. The van der Waals surface area contributed by atoms with Gasteiger partial charge in [0.25, 0.3) is 0 Å². The molecule has 0 heterocycles. The van der Waals surface area contributed by atoms with Gasteiger partial charge in [0.2, 0.25) is 5.91 Å². The topological polar surface area (TPSA) is 40.5 Å². The highest BCUT2D eigenvalue weighted by Crippen LogP contribution is 2.35. The maximum absolute atomic E-state index is 12.4. The minimum Gasteiger partial charge on any atom is -0.391 e. The Hall–Kier alpha value is -0.570. The molecule has 1 unspecified atom stereocenters. The average molecular weight is 267 g/mol. The van der Waals surface area contributed by atoms with E-state index in [1.807, 2.05) is 7.05 Å². The number of nitrogens with zero attached hydrogens (tertiary/aromatic N) is 1. The molecule has 0 aromatic rings. The van der Waals surface area contributed by atoms with Crippen LogP contribution in [-0.4, -0.2) is 35.6 Å². The number of hydrogen-bond acceptors (Lipinski definition) is 2. The van der Waals surface area contributed by atoms with Crippen molar-refractivity contribution in [1.82, 2.24) is 4.90 Å². The smallest absolute Gasteiger partial charge is 0.225 e. The van der Waals surface area contributed by atoms with Crippen molar-refractivity contribution in [2.75, 3.05) is 13.6 Å². The summed E-state index contributed by atoms with van der Waals surface area (Å²) in [4.78, 5) is 14.1. The zero-order chi connectivity index (χ0) is 14.0. The van der Waals surface area contributed by atoms with Gasteiger partial charge in [0, 0.05) is 19.5 Å². The first-order valence-electron chi connectivity index (χ1n) is 7.92. The number of aliphatic hydroxyl groups excluding tert-OH is 1. The van der Waals surface area contributed by atoms with E-state index in [9.17, 15) is 9.90 Å². The van der Waals surface area contributed by atoms with Crippen LogP contribution >= 0.6 is 0 Å². The van der Waals surface area contributed by atoms with E-state index in [2.05, 4.69) is 13.8 Å². The molecule has 0 aromatic carbocycles. The van der Waals surface area contributed by atoms with Gasteiger partial charge in [-0.05, 0) is 56.3 Å². The second-order valence-electron chi connectivity index (χ2n) is 6.98. The first kappa shape index (κ1) is 14.8. The lowest BCUT2D eigenvalue weighted by atomic mass is 9.76. The monoisotopic (exact) mass is 267 g/mol. The zero-order valence-electron chi connectivity index (χ0n) is 12.6. The first-order valence-corrected chi connectivity index (χ1v) is 7.92. The molecule has 0 saturated heterocycles. The third kappa shape index (κ3) is 3.95. The van der Waals surface area contributed by atoms with Crippen LogP contribution in [0.25, 0.3) is 0 Å². The molecule has 2 saturated carbocycles. The van der Waals surface area contributed by atoms with Crippen molar-refractivity contribution in [3.05, 3.63) is 0 Å². The van der Waals surface area contributed by atoms with Crippen molar-refractivity contribution < 1.29 is 9.90 Å². The van der Waals surface area contributed by atoms with Crippen molar-refractivity contribution >= 4 is 5.91 Å². The largest absolute Gasteiger partial charge is 0.391 e. The summed E-state index contributed by atoms with van der Waals surface area (Å²) in [5, 5.41) is 9.93. The molecule has 0 aromatic heterocycles. The van der Waals surface area contributed by atoms with Crippen LogP contribution in [0.3, 0.4) is 0 Å². The maximum Gasteiger partial charge on any atom is 0.225 e. The number of hydrogen-bond donors (Lipinski definition) is 1. The molecule has 2 rings (SSSR count). The van der Waals surface area contributed by atoms with E-state index >= 15 is 0 Å². The summed E-state index contributed by atoms with van der Waals surface area (Å²) < 4.78 is 0. The Balaban J connectivity index is 1.76. The third-order valence-corrected chi connectivity index (χ3v) is 5.07. The molecule has 3 nitrogen and oxygen atoms in total. The van der Waals surface area contributed by atoms with E-state index in [1.54, 1.807) is 4.90 Å². The van der Waals surface area contributed by atoms with Gasteiger partial charge in [0.05, 0.1) is 6.10 Å². The molecule has 0 aliphatic heterocycles. The molecular formula is C16H29NO2. The van der Waals surface area contributed by atoms with Crippen LogP contribution in [-0.2, 0) is 4.79 Å². The van der Waals surface area contributed by atoms with Gasteiger partial charge in [-0.3, -0.25) is 4.79 Å². The summed E-state index contributed by atoms with van der Waals surface area (Å²) in [5.74, 6) is 2.44. The highest BCUT2D eigenvalue weighted by Gasteiger charge is 2.33. The second kappa shape index (κ2) is 6.25. The van der Waals surface area contributed by atoms with Crippen molar-refractivity contribution in [1.29, 1.82) is 0 Å². The standard InChI is InChI=1S/C16H29NO2/c1-11(2)12-4-8-14(9-5-12)16(19)17(3)10-15(18)13-6-7-13/h11-15,18H,4-10H2,1-3H3. The molecule has 0 bridgehead atoms. The summed E-state index contributed by atoms with van der Waals surface area (Å²) in [5.41, 5.74) is 0. The highest BCUT2D eigenvalue weighted by molar-refractivity contribution is 5.78. The Morgan fingerprint density at radius 2 is 1.63 bits per heavy atom. The number of aliphatic hydroxyl groups is 1. The van der Waals surface area contributed by atoms with E-state index in [-0.39, 0.29) is 17.9 Å². The molecule has 3 heteroatoms. The van der Waals surface area contributed by atoms with Gasteiger partial charge in [-0.15, -0.1) is 0 Å². The van der Waals surface area contributed by atoms with Crippen LogP contribution in [0.15, 0.2) is 0 Å². The van der Waals surface area contributed by atoms with Crippen LogP contribution in [0.5, 0.6) is 0 Å². The predicted molar refractivity (Wildman–Crippen MR) is 76.7 cm³/mol. The summed E-state index contributed by atoms with van der Waals surface area (Å²) in [6.45, 7) is 5.09. The number of likely N-dealkylation sites (N-methyl/N-ethyl adjacent to an activating group) is 1. The minimum atomic E-state index is -0.305. The highest BCUT2D eigenvalue weighted by atomic mass is 16.3. The lowest BCUT2D eigenvalue weighted by Gasteiger charge is -2.32. The van der Waals surface area contributed by atoms with E-state index in [0.717, 1.165) is 37.5 Å². The lowest BCUT2D eigenvalue weighted by molar-refractivity contribution is -0.137. The van der Waals surface area contributed by atoms with Crippen molar-refractivity contribution in [2.45, 2.75) is 58.5 Å². The van der Waals surface area contributed by atoms with Gasteiger partial charge in [-0.2, -0.15) is 0 Å². The summed E-state index contributed by atoms with van der Waals surface area (Å²) >= 11 is 0. The number of carbonyl (C=O) groups is 1. The number of amides is 1. The van der Waals surface area contributed by atoms with Crippen LogP contribution in [0.4, 0.5) is 0 Å². The Morgan fingerprint density at radius 1 is 1.11 bits per heavy atom. The minimum absolute atomic E-state index is 0.200. The molecule has 1 amide bonds. The van der Waals surface area contributed by atoms with Crippen molar-refractivity contribution in [3.63, 3.8) is 0 Å². The maximum atomic E-state index is 12.4. The van der Waals surface area contributed by atoms with Gasteiger partial charge in [-0.1, -0.05) is 13.8 Å². The normalized spacial score (nSPS) is 29.3. The lowest BCUT2D eigenvalue weighted by Crippen LogP contribution is -2.40. The predicted octanol–water partition coefficient (Wildman–Crippen LogP) is 2.68. The fourth-order valence-corrected chi connectivity index (χ4v) is 3.35. The molecule has 0 spiro atoms. The molecular weight excluding hydrogens is 238 g/mol. The summed E-state index contributed by atoms with van der Waals surface area (Å²) in [7, 11) is 1.85. The summed E-state index contributed by atoms with van der Waals surface area (Å²) in [6, 6.07) is 0. The van der Waals surface area contributed by atoms with Crippen molar-refractivity contribution in [3.8, 4) is 0 Å². The average Bonchev–Trinajstić information content (AvgIpc) is 3.22. The molecule has 2 aliphatic carbocycles. The second-order valence-corrected chi connectivity index (χ2v) is 6.98. The van der Waals surface area contributed by atoms with Gasteiger partial charge in [0.15, 0.2) is 0 Å². The molecule has 1 atom stereocenters. The zero-order valence-corrected chi connectivity index (χ0v) is 12.6. The number of rotatable bonds is 5. The van der Waals surface area contributed by atoms with Gasteiger partial charge >= 0.3 is 0 Å². The quantitative estimate of drug-likeness (QED) is 0.832. The Bertz CT molecular complexity index is 304. The Kier molecular flexibility index (Phi) is 4.88. The van der Waals surface area contributed by atoms with Crippen LogP contribution in [0, 0.1) is 23.7 Å². The molecule has 2 fully saturated rings. The Labute approximate surface area is 117 Å². The van der Waals surface area contributed by atoms with Crippen LogP contribution in [0.1, 0.15) is 52.4 Å². The fourth-order valence-electron chi connectivity index (χ4n) is 3.35.